The Hall–Kier alpha value is -1.59. The van der Waals surface area contributed by atoms with Crippen molar-refractivity contribution >= 4 is 11.8 Å². The number of rotatable bonds is 4. The van der Waals surface area contributed by atoms with Gasteiger partial charge in [0.1, 0.15) is 0 Å². The first-order chi connectivity index (χ1) is 8.28. The topological polar surface area (TPSA) is 66.0 Å². The van der Waals surface area contributed by atoms with Gasteiger partial charge in [0.05, 0.1) is 6.61 Å². The molecule has 4 nitrogen and oxygen atoms in total. The van der Waals surface area contributed by atoms with Crippen molar-refractivity contribution in [1.29, 1.82) is 0 Å². The van der Waals surface area contributed by atoms with Gasteiger partial charge in [-0.1, -0.05) is 36.0 Å². The summed E-state index contributed by atoms with van der Waals surface area (Å²) in [5, 5.41) is 9.53. The number of aliphatic hydroxyl groups excluding tert-OH is 1. The van der Waals surface area contributed by atoms with E-state index in [4.69, 9.17) is 5.11 Å². The minimum Gasteiger partial charge on any atom is -0.392 e. The predicted molar refractivity (Wildman–Crippen MR) is 66.8 cm³/mol. The molecular weight excluding hydrogens is 236 g/mol. The van der Waals surface area contributed by atoms with E-state index in [0.717, 1.165) is 16.9 Å². The summed E-state index contributed by atoms with van der Waals surface area (Å²) in [6, 6.07) is 9.08. The molecule has 0 spiro atoms. The van der Waals surface area contributed by atoms with Crippen molar-refractivity contribution in [2.75, 3.05) is 0 Å². The Labute approximate surface area is 103 Å². The summed E-state index contributed by atoms with van der Waals surface area (Å²) < 4.78 is 0. The summed E-state index contributed by atoms with van der Waals surface area (Å²) in [5.74, 6) is 0.735. The number of nitrogens with one attached hydrogen (secondary N) is 1. The van der Waals surface area contributed by atoms with Crippen molar-refractivity contribution in [3.63, 3.8) is 0 Å². The molecule has 88 valence electrons. The van der Waals surface area contributed by atoms with Gasteiger partial charge in [-0.05, 0) is 11.1 Å². The Morgan fingerprint density at radius 2 is 1.88 bits per heavy atom. The van der Waals surface area contributed by atoms with E-state index in [2.05, 4.69) is 9.97 Å². The molecule has 2 N–H and O–H groups in total. The minimum absolute atomic E-state index is 0.0565. The molecule has 0 aliphatic heterocycles. The molecule has 1 aromatic heterocycles. The summed E-state index contributed by atoms with van der Waals surface area (Å²) in [6.45, 7) is 0.0565. The maximum absolute atomic E-state index is 11.0. The van der Waals surface area contributed by atoms with Gasteiger partial charge in [0, 0.05) is 18.0 Å². The van der Waals surface area contributed by atoms with Gasteiger partial charge in [0.15, 0.2) is 5.16 Å². The van der Waals surface area contributed by atoms with Crippen LogP contribution in [0.5, 0.6) is 0 Å². The molecule has 0 aliphatic carbocycles. The van der Waals surface area contributed by atoms with Gasteiger partial charge in [-0.25, -0.2) is 4.98 Å². The molecule has 0 fully saturated rings. The summed E-state index contributed by atoms with van der Waals surface area (Å²) >= 11 is 1.47. The molecule has 2 rings (SSSR count). The summed E-state index contributed by atoms with van der Waals surface area (Å²) in [6.07, 6.45) is 1.50. The van der Waals surface area contributed by atoms with Crippen LogP contribution in [-0.2, 0) is 12.4 Å². The van der Waals surface area contributed by atoms with E-state index in [-0.39, 0.29) is 12.2 Å². The molecule has 5 heteroatoms. The van der Waals surface area contributed by atoms with Gasteiger partial charge in [0.2, 0.25) is 0 Å². The van der Waals surface area contributed by atoms with Gasteiger partial charge in [-0.15, -0.1) is 0 Å². The molecule has 0 bridgehead atoms. The van der Waals surface area contributed by atoms with Gasteiger partial charge in [-0.3, -0.25) is 4.79 Å². The first-order valence-corrected chi connectivity index (χ1v) is 6.13. The third kappa shape index (κ3) is 3.44. The van der Waals surface area contributed by atoms with Crippen LogP contribution < -0.4 is 5.56 Å². The van der Waals surface area contributed by atoms with Crippen molar-refractivity contribution in [1.82, 2.24) is 9.97 Å². The number of thioether (sulfide) groups is 1. The SMILES string of the molecule is O=c1ccnc(SCc2ccc(CO)cc2)[nH]1. The first kappa shape index (κ1) is 11.9. The molecule has 0 aliphatic rings. The molecule has 17 heavy (non-hydrogen) atoms. The molecule has 0 atom stereocenters. The summed E-state index contributed by atoms with van der Waals surface area (Å²) in [7, 11) is 0. The van der Waals surface area contributed by atoms with Crippen LogP contribution in [0.25, 0.3) is 0 Å². The van der Waals surface area contributed by atoms with E-state index in [1.165, 1.54) is 24.0 Å². The Balaban J connectivity index is 1.99. The molecule has 0 saturated carbocycles. The Morgan fingerprint density at radius 1 is 1.18 bits per heavy atom. The third-order valence-corrected chi connectivity index (χ3v) is 3.19. The van der Waals surface area contributed by atoms with Crippen LogP contribution in [0.1, 0.15) is 11.1 Å². The Kier molecular flexibility index (Phi) is 3.95. The van der Waals surface area contributed by atoms with Crippen LogP contribution in [-0.4, -0.2) is 15.1 Å². The zero-order valence-corrected chi connectivity index (χ0v) is 9.91. The molecule has 1 aromatic carbocycles. The highest BCUT2D eigenvalue weighted by molar-refractivity contribution is 7.98. The molecule has 0 radical (unpaired) electrons. The smallest absolute Gasteiger partial charge is 0.251 e. The fourth-order valence-corrected chi connectivity index (χ4v) is 2.12. The average Bonchev–Trinajstić information content (AvgIpc) is 2.37. The van der Waals surface area contributed by atoms with Crippen molar-refractivity contribution in [3.8, 4) is 0 Å². The highest BCUT2D eigenvalue weighted by Crippen LogP contribution is 2.18. The number of nitrogens with zero attached hydrogens (tertiary/aromatic N) is 1. The summed E-state index contributed by atoms with van der Waals surface area (Å²) in [5.41, 5.74) is 1.88. The standard InChI is InChI=1S/C12H12N2O2S/c15-7-9-1-3-10(4-2-9)8-17-12-13-6-5-11(16)14-12/h1-6,15H,7-8H2,(H,13,14,16). The van der Waals surface area contributed by atoms with Crippen LogP contribution in [0, 0.1) is 0 Å². The zero-order chi connectivity index (χ0) is 12.1. The van der Waals surface area contributed by atoms with E-state index < -0.39 is 0 Å². The minimum atomic E-state index is -0.141. The van der Waals surface area contributed by atoms with Gasteiger partial charge >= 0.3 is 0 Å². The molecule has 0 unspecified atom stereocenters. The number of hydrogen-bond donors (Lipinski definition) is 2. The van der Waals surface area contributed by atoms with Gasteiger partial charge < -0.3 is 10.1 Å². The predicted octanol–water partition coefficient (Wildman–Crippen LogP) is 1.55. The van der Waals surface area contributed by atoms with Crippen LogP contribution >= 0.6 is 11.8 Å². The maximum Gasteiger partial charge on any atom is 0.251 e. The average molecular weight is 248 g/mol. The maximum atomic E-state index is 11.0. The zero-order valence-electron chi connectivity index (χ0n) is 9.09. The molecule has 2 aromatic rings. The first-order valence-electron chi connectivity index (χ1n) is 5.15. The van der Waals surface area contributed by atoms with Crippen molar-refractivity contribution in [2.24, 2.45) is 0 Å². The number of H-pyrrole nitrogens is 1. The van der Waals surface area contributed by atoms with Gasteiger partial charge in [-0.2, -0.15) is 0 Å². The lowest BCUT2D eigenvalue weighted by atomic mass is 10.2. The van der Waals surface area contributed by atoms with Crippen LogP contribution in [0.4, 0.5) is 0 Å². The van der Waals surface area contributed by atoms with E-state index in [1.807, 2.05) is 24.3 Å². The van der Waals surface area contributed by atoms with E-state index in [1.54, 1.807) is 0 Å². The lowest BCUT2D eigenvalue weighted by Gasteiger charge is -2.02. The monoisotopic (exact) mass is 248 g/mol. The Bertz CT molecular complexity index is 537. The molecule has 1 heterocycles. The van der Waals surface area contributed by atoms with Crippen molar-refractivity contribution in [3.05, 3.63) is 58.0 Å². The number of aromatic nitrogens is 2. The third-order valence-electron chi connectivity index (χ3n) is 2.23. The molecule has 0 amide bonds. The highest BCUT2D eigenvalue weighted by atomic mass is 32.2. The second-order valence-corrected chi connectivity index (χ2v) is 4.47. The number of hydrogen-bond acceptors (Lipinski definition) is 4. The Morgan fingerprint density at radius 3 is 2.53 bits per heavy atom. The fourth-order valence-electron chi connectivity index (χ4n) is 1.32. The lowest BCUT2D eigenvalue weighted by molar-refractivity contribution is 0.282. The van der Waals surface area contributed by atoms with Crippen LogP contribution in [0.15, 0.2) is 46.5 Å². The van der Waals surface area contributed by atoms with Crippen LogP contribution in [0.3, 0.4) is 0 Å². The number of aliphatic hydroxyl groups is 1. The highest BCUT2D eigenvalue weighted by Gasteiger charge is 1.98. The van der Waals surface area contributed by atoms with Crippen LogP contribution in [0.2, 0.25) is 0 Å². The van der Waals surface area contributed by atoms with Gasteiger partial charge in [0.25, 0.3) is 5.56 Å². The largest absolute Gasteiger partial charge is 0.392 e. The van der Waals surface area contributed by atoms with E-state index in [9.17, 15) is 4.79 Å². The second kappa shape index (κ2) is 5.65. The number of benzene rings is 1. The molecule has 0 saturated heterocycles. The number of aromatic amines is 1. The van der Waals surface area contributed by atoms with Crippen molar-refractivity contribution < 1.29 is 5.11 Å². The lowest BCUT2D eigenvalue weighted by Crippen LogP contribution is -2.05. The quantitative estimate of drug-likeness (QED) is 0.636. The summed E-state index contributed by atoms with van der Waals surface area (Å²) in [4.78, 5) is 17.8. The normalized spacial score (nSPS) is 10.4. The molecular formula is C12H12N2O2S. The fraction of sp³-hybridized carbons (Fsp3) is 0.167. The second-order valence-electron chi connectivity index (χ2n) is 3.50. The van der Waals surface area contributed by atoms with E-state index in [0.29, 0.717) is 5.16 Å². The van der Waals surface area contributed by atoms with E-state index >= 15 is 0 Å². The van der Waals surface area contributed by atoms with Crippen molar-refractivity contribution in [2.45, 2.75) is 17.5 Å².